The molecule has 0 saturated carbocycles. The number of ether oxygens (including phenoxy) is 1. The zero-order chi connectivity index (χ0) is 15.4. The number of anilines is 1. The number of halogens is 1. The monoisotopic (exact) mass is 289 g/mol. The van der Waals surface area contributed by atoms with Gasteiger partial charge >= 0.3 is 5.97 Å². The van der Waals surface area contributed by atoms with Crippen LogP contribution in [0.4, 0.5) is 10.1 Å². The largest absolute Gasteiger partial charge is 0.456 e. The third-order valence-electron chi connectivity index (χ3n) is 2.69. The minimum Gasteiger partial charge on any atom is -0.456 e. The molecule has 1 amide bonds. The van der Waals surface area contributed by atoms with E-state index in [-0.39, 0.29) is 23.4 Å². The van der Waals surface area contributed by atoms with Crippen LogP contribution in [0, 0.1) is 5.82 Å². The molecular weight excluding hydrogens is 277 g/mol. The summed E-state index contributed by atoms with van der Waals surface area (Å²) in [6.45, 7) is -0.282. The van der Waals surface area contributed by atoms with Gasteiger partial charge in [-0.1, -0.05) is 6.07 Å². The van der Waals surface area contributed by atoms with E-state index < -0.39 is 17.7 Å². The molecule has 0 saturated heterocycles. The van der Waals surface area contributed by atoms with E-state index in [1.807, 2.05) is 0 Å². The summed E-state index contributed by atoms with van der Waals surface area (Å²) in [5.74, 6) is -2.11. The summed E-state index contributed by atoms with van der Waals surface area (Å²) < 4.78 is 18.6. The van der Waals surface area contributed by atoms with Crippen molar-refractivity contribution < 1.29 is 18.7 Å². The van der Waals surface area contributed by atoms with Crippen LogP contribution in [0.3, 0.4) is 0 Å². The lowest BCUT2D eigenvalue weighted by Crippen LogP contribution is -2.12. The summed E-state index contributed by atoms with van der Waals surface area (Å²) in [6, 6.07) is 6.60. The van der Waals surface area contributed by atoms with Crippen LogP contribution in [0.15, 0.2) is 36.5 Å². The Morgan fingerprint density at radius 1 is 1.24 bits per heavy atom. The summed E-state index contributed by atoms with van der Waals surface area (Å²) >= 11 is 0. The molecule has 7 heteroatoms. The van der Waals surface area contributed by atoms with E-state index >= 15 is 0 Å². The minimum atomic E-state index is -0.733. The van der Waals surface area contributed by atoms with Crippen LogP contribution < -0.4 is 11.5 Å². The van der Waals surface area contributed by atoms with Gasteiger partial charge in [0.15, 0.2) is 0 Å². The second-order valence-electron chi connectivity index (χ2n) is 4.22. The van der Waals surface area contributed by atoms with Gasteiger partial charge in [-0.3, -0.25) is 4.79 Å². The van der Waals surface area contributed by atoms with E-state index in [0.717, 1.165) is 6.07 Å². The van der Waals surface area contributed by atoms with Crippen molar-refractivity contribution in [2.24, 2.45) is 5.73 Å². The molecule has 0 spiro atoms. The van der Waals surface area contributed by atoms with E-state index in [1.165, 1.54) is 30.5 Å². The maximum absolute atomic E-state index is 13.7. The first-order valence-electron chi connectivity index (χ1n) is 5.94. The first-order chi connectivity index (χ1) is 9.97. The van der Waals surface area contributed by atoms with Crippen molar-refractivity contribution in [3.05, 3.63) is 59.2 Å². The van der Waals surface area contributed by atoms with Crippen molar-refractivity contribution >= 4 is 17.6 Å². The fraction of sp³-hybridized carbons (Fsp3) is 0.0714. The number of carbonyl (C=O) groups excluding carboxylic acids is 2. The Labute approximate surface area is 119 Å². The molecule has 0 fully saturated rings. The summed E-state index contributed by atoms with van der Waals surface area (Å²) in [5.41, 5.74) is 11.1. The summed E-state index contributed by atoms with van der Waals surface area (Å²) in [7, 11) is 0. The highest BCUT2D eigenvalue weighted by atomic mass is 19.1. The van der Waals surface area contributed by atoms with Crippen LogP contribution in [-0.4, -0.2) is 16.9 Å². The van der Waals surface area contributed by atoms with E-state index in [2.05, 4.69) is 4.98 Å². The van der Waals surface area contributed by atoms with E-state index in [0.29, 0.717) is 5.69 Å². The van der Waals surface area contributed by atoms with Crippen LogP contribution >= 0.6 is 0 Å². The van der Waals surface area contributed by atoms with Crippen molar-refractivity contribution in [1.29, 1.82) is 0 Å². The second kappa shape index (κ2) is 6.00. The van der Waals surface area contributed by atoms with Gasteiger partial charge in [0.05, 0.1) is 11.9 Å². The molecule has 0 atom stereocenters. The number of benzene rings is 1. The molecule has 6 nitrogen and oxygen atoms in total. The molecule has 108 valence electrons. The third-order valence-corrected chi connectivity index (χ3v) is 2.69. The highest BCUT2D eigenvalue weighted by Crippen LogP contribution is 2.12. The number of nitrogens with two attached hydrogens (primary N) is 2. The molecule has 0 aliphatic carbocycles. The van der Waals surface area contributed by atoms with Gasteiger partial charge in [0.2, 0.25) is 5.91 Å². The van der Waals surface area contributed by atoms with Gasteiger partial charge in [-0.2, -0.15) is 0 Å². The minimum absolute atomic E-state index is 0.0442. The maximum atomic E-state index is 13.7. The molecule has 1 heterocycles. The zero-order valence-corrected chi connectivity index (χ0v) is 10.9. The second-order valence-corrected chi connectivity index (χ2v) is 4.22. The van der Waals surface area contributed by atoms with Gasteiger partial charge < -0.3 is 16.2 Å². The Morgan fingerprint density at radius 2 is 2.00 bits per heavy atom. The zero-order valence-electron chi connectivity index (χ0n) is 10.9. The van der Waals surface area contributed by atoms with Crippen molar-refractivity contribution in [1.82, 2.24) is 4.98 Å². The van der Waals surface area contributed by atoms with E-state index in [9.17, 15) is 14.0 Å². The number of rotatable bonds is 4. The Balaban J connectivity index is 2.04. The van der Waals surface area contributed by atoms with Gasteiger partial charge in [-0.25, -0.2) is 14.2 Å². The van der Waals surface area contributed by atoms with Gasteiger partial charge in [-0.05, 0) is 24.3 Å². The molecular formula is C14H12FN3O3. The molecule has 2 aromatic rings. The molecule has 4 N–H and O–H groups in total. The van der Waals surface area contributed by atoms with E-state index in [1.54, 1.807) is 0 Å². The first kappa shape index (κ1) is 14.4. The molecule has 0 aliphatic rings. The Morgan fingerprint density at radius 3 is 2.57 bits per heavy atom. The summed E-state index contributed by atoms with van der Waals surface area (Å²) in [5, 5.41) is 0. The first-order valence-corrected chi connectivity index (χ1v) is 5.94. The maximum Gasteiger partial charge on any atom is 0.357 e. The number of hydrogen-bond acceptors (Lipinski definition) is 5. The smallest absolute Gasteiger partial charge is 0.357 e. The van der Waals surface area contributed by atoms with Crippen LogP contribution in [0.2, 0.25) is 0 Å². The van der Waals surface area contributed by atoms with Gasteiger partial charge in [0, 0.05) is 11.1 Å². The quantitative estimate of drug-likeness (QED) is 0.824. The number of pyridine rings is 1. The molecule has 1 aromatic carbocycles. The van der Waals surface area contributed by atoms with Crippen LogP contribution in [0.25, 0.3) is 0 Å². The Kier molecular flexibility index (Phi) is 4.13. The number of hydrogen-bond donors (Lipinski definition) is 2. The van der Waals surface area contributed by atoms with Crippen LogP contribution in [0.5, 0.6) is 0 Å². The number of primary amides is 1. The molecule has 0 aliphatic heterocycles. The third kappa shape index (κ3) is 3.53. The molecule has 0 unspecified atom stereocenters. The SMILES string of the molecule is NC(=O)c1ccc(COC(=O)c2ccc(N)cn2)c(F)c1. The average molecular weight is 289 g/mol. The van der Waals surface area contributed by atoms with E-state index in [4.69, 9.17) is 16.2 Å². The van der Waals surface area contributed by atoms with Gasteiger partial charge in [0.25, 0.3) is 0 Å². The summed E-state index contributed by atoms with van der Waals surface area (Å²) in [4.78, 5) is 26.4. The lowest BCUT2D eigenvalue weighted by molar-refractivity contribution is 0.0461. The fourth-order valence-corrected chi connectivity index (χ4v) is 1.56. The highest BCUT2D eigenvalue weighted by Gasteiger charge is 2.12. The standard InChI is InChI=1S/C14H12FN3O3/c15-11-5-8(13(17)19)1-2-9(11)7-21-14(20)12-4-3-10(16)6-18-12/h1-6H,7,16H2,(H2,17,19). The van der Waals surface area contributed by atoms with Gasteiger partial charge in [0.1, 0.15) is 18.1 Å². The number of nitrogen functional groups attached to an aromatic ring is 1. The van der Waals surface area contributed by atoms with Gasteiger partial charge in [-0.15, -0.1) is 0 Å². The molecule has 2 rings (SSSR count). The molecule has 0 bridgehead atoms. The fourth-order valence-electron chi connectivity index (χ4n) is 1.56. The molecule has 1 aromatic heterocycles. The van der Waals surface area contributed by atoms with Crippen molar-refractivity contribution in [2.45, 2.75) is 6.61 Å². The Hall–Kier alpha value is -2.96. The number of aromatic nitrogens is 1. The lowest BCUT2D eigenvalue weighted by atomic mass is 10.1. The number of nitrogens with zero attached hydrogens (tertiary/aromatic N) is 1. The number of esters is 1. The average Bonchev–Trinajstić information content (AvgIpc) is 2.46. The normalized spacial score (nSPS) is 10.1. The number of carbonyl (C=O) groups is 2. The van der Waals surface area contributed by atoms with Crippen LogP contribution in [0.1, 0.15) is 26.4 Å². The van der Waals surface area contributed by atoms with Crippen molar-refractivity contribution in [2.75, 3.05) is 5.73 Å². The highest BCUT2D eigenvalue weighted by molar-refractivity contribution is 5.92. The lowest BCUT2D eigenvalue weighted by Gasteiger charge is -2.06. The Bertz CT molecular complexity index is 686. The molecule has 21 heavy (non-hydrogen) atoms. The van der Waals surface area contributed by atoms with Crippen LogP contribution in [-0.2, 0) is 11.3 Å². The van der Waals surface area contributed by atoms with Crippen molar-refractivity contribution in [3.63, 3.8) is 0 Å². The number of amides is 1. The summed E-state index contributed by atoms with van der Waals surface area (Å²) in [6.07, 6.45) is 1.32. The topological polar surface area (TPSA) is 108 Å². The predicted molar refractivity (Wildman–Crippen MR) is 72.7 cm³/mol. The molecule has 0 radical (unpaired) electrons. The van der Waals surface area contributed by atoms with Crippen molar-refractivity contribution in [3.8, 4) is 0 Å². The predicted octanol–water partition coefficient (Wildman–Crippen LogP) is 1.26.